The van der Waals surface area contributed by atoms with Crippen LogP contribution < -0.4 is 5.32 Å². The molecule has 0 radical (unpaired) electrons. The van der Waals surface area contributed by atoms with Gasteiger partial charge in [-0.2, -0.15) is 0 Å². The van der Waals surface area contributed by atoms with Crippen LogP contribution in [0.1, 0.15) is 49.7 Å². The summed E-state index contributed by atoms with van der Waals surface area (Å²) >= 11 is 0. The average Bonchev–Trinajstić information content (AvgIpc) is 3.16. The Labute approximate surface area is 182 Å². The van der Waals surface area contributed by atoms with Crippen LogP contribution in [0.2, 0.25) is 0 Å². The quantitative estimate of drug-likeness (QED) is 0.383. The summed E-state index contributed by atoms with van der Waals surface area (Å²) in [7, 11) is 4.04. The summed E-state index contributed by atoms with van der Waals surface area (Å²) in [4.78, 5) is 6.82. The zero-order valence-electron chi connectivity index (χ0n) is 17.2. The van der Waals surface area contributed by atoms with Crippen LogP contribution in [0.15, 0.2) is 29.3 Å². The molecule has 0 amide bonds. The smallest absolute Gasteiger partial charge is 0.193 e. The molecule has 2 aliphatic rings. The predicted molar refractivity (Wildman–Crippen MR) is 124 cm³/mol. The number of aliphatic imine (C=N–C) groups is 1. The maximum Gasteiger partial charge on any atom is 0.193 e. The number of rotatable bonds is 5. The molecule has 1 aromatic carbocycles. The van der Waals surface area contributed by atoms with Crippen molar-refractivity contribution in [2.75, 3.05) is 40.4 Å². The van der Waals surface area contributed by atoms with Gasteiger partial charge in [0.25, 0.3) is 0 Å². The molecule has 1 unspecified atom stereocenters. The molecule has 1 aromatic rings. The van der Waals surface area contributed by atoms with Gasteiger partial charge in [0.2, 0.25) is 0 Å². The van der Waals surface area contributed by atoms with Crippen molar-refractivity contribution in [1.29, 1.82) is 0 Å². The highest BCUT2D eigenvalue weighted by molar-refractivity contribution is 14.0. The highest BCUT2D eigenvalue weighted by atomic mass is 127. The van der Waals surface area contributed by atoms with E-state index in [1.54, 1.807) is 0 Å². The van der Waals surface area contributed by atoms with E-state index in [4.69, 9.17) is 4.74 Å². The minimum atomic E-state index is 0. The molecule has 1 aliphatic heterocycles. The van der Waals surface area contributed by atoms with Gasteiger partial charge in [-0.1, -0.05) is 49.1 Å². The molecular formula is C22H36IN3O. The SMILES string of the molecule is CN=C(NCC1(c2cccc(C)c2)CCCCC1)N(C)CC1CCOC1.I. The van der Waals surface area contributed by atoms with Gasteiger partial charge in [-0.05, 0) is 31.7 Å². The minimum absolute atomic E-state index is 0. The molecule has 2 fully saturated rings. The molecule has 0 bridgehead atoms. The lowest BCUT2D eigenvalue weighted by atomic mass is 9.69. The molecule has 5 heteroatoms. The molecule has 4 nitrogen and oxygen atoms in total. The third-order valence-electron chi connectivity index (χ3n) is 6.16. The van der Waals surface area contributed by atoms with Gasteiger partial charge in [-0.3, -0.25) is 4.99 Å². The molecule has 1 aliphatic carbocycles. The second-order valence-corrected chi connectivity index (χ2v) is 8.22. The number of hydrogen-bond acceptors (Lipinski definition) is 2. The number of benzene rings is 1. The van der Waals surface area contributed by atoms with Crippen molar-refractivity contribution in [2.45, 2.75) is 50.9 Å². The minimum Gasteiger partial charge on any atom is -0.381 e. The molecule has 152 valence electrons. The zero-order chi connectivity index (χ0) is 18.4. The Morgan fingerprint density at radius 2 is 2.07 bits per heavy atom. The third kappa shape index (κ3) is 5.83. The first-order valence-electron chi connectivity index (χ1n) is 10.2. The Balaban J connectivity index is 0.00000261. The summed E-state index contributed by atoms with van der Waals surface area (Å²) < 4.78 is 5.52. The largest absolute Gasteiger partial charge is 0.381 e. The Kier molecular flexibility index (Phi) is 8.86. The van der Waals surface area contributed by atoms with Crippen molar-refractivity contribution in [3.63, 3.8) is 0 Å². The second kappa shape index (κ2) is 10.6. The average molecular weight is 485 g/mol. The molecule has 0 aromatic heterocycles. The number of ether oxygens (including phenoxy) is 1. The van der Waals surface area contributed by atoms with E-state index >= 15 is 0 Å². The van der Waals surface area contributed by atoms with Crippen molar-refractivity contribution < 1.29 is 4.74 Å². The number of nitrogens with zero attached hydrogens (tertiary/aromatic N) is 2. The number of halogens is 1. The number of guanidine groups is 1. The van der Waals surface area contributed by atoms with Gasteiger partial charge in [0.15, 0.2) is 5.96 Å². The molecule has 0 spiro atoms. The fraction of sp³-hybridized carbons (Fsp3) is 0.682. The van der Waals surface area contributed by atoms with Crippen LogP contribution in [0.5, 0.6) is 0 Å². The fourth-order valence-corrected chi connectivity index (χ4v) is 4.61. The summed E-state index contributed by atoms with van der Waals surface area (Å²) in [6.07, 6.45) is 7.70. The molecule has 1 heterocycles. The molecule has 1 atom stereocenters. The van der Waals surface area contributed by atoms with Gasteiger partial charge < -0.3 is 15.0 Å². The lowest BCUT2D eigenvalue weighted by Gasteiger charge is -2.39. The first kappa shape index (κ1) is 22.5. The van der Waals surface area contributed by atoms with Gasteiger partial charge in [-0.15, -0.1) is 24.0 Å². The summed E-state index contributed by atoms with van der Waals surface area (Å²) in [6, 6.07) is 9.11. The Morgan fingerprint density at radius 1 is 1.30 bits per heavy atom. The first-order valence-corrected chi connectivity index (χ1v) is 10.2. The monoisotopic (exact) mass is 485 g/mol. The van der Waals surface area contributed by atoms with Crippen molar-refractivity contribution in [2.24, 2.45) is 10.9 Å². The van der Waals surface area contributed by atoms with Crippen LogP contribution in [-0.4, -0.2) is 51.3 Å². The number of hydrogen-bond donors (Lipinski definition) is 1. The van der Waals surface area contributed by atoms with Gasteiger partial charge >= 0.3 is 0 Å². The lowest BCUT2D eigenvalue weighted by Crippen LogP contribution is -2.48. The van der Waals surface area contributed by atoms with Gasteiger partial charge in [0, 0.05) is 45.1 Å². The van der Waals surface area contributed by atoms with Crippen molar-refractivity contribution in [3.05, 3.63) is 35.4 Å². The van der Waals surface area contributed by atoms with E-state index < -0.39 is 0 Å². The summed E-state index contributed by atoms with van der Waals surface area (Å²) in [5.74, 6) is 1.63. The van der Waals surface area contributed by atoms with Crippen LogP contribution in [-0.2, 0) is 10.2 Å². The number of aryl methyl sites for hydroxylation is 1. The predicted octanol–water partition coefficient (Wildman–Crippen LogP) is 4.36. The molecular weight excluding hydrogens is 449 g/mol. The van der Waals surface area contributed by atoms with E-state index in [2.05, 4.69) is 53.4 Å². The van der Waals surface area contributed by atoms with Crippen molar-refractivity contribution >= 4 is 29.9 Å². The van der Waals surface area contributed by atoms with Gasteiger partial charge in [-0.25, -0.2) is 0 Å². The maximum absolute atomic E-state index is 5.52. The standard InChI is InChI=1S/C22H35N3O.HI/c1-18-8-7-9-20(14-18)22(11-5-4-6-12-22)17-24-21(23-2)25(3)15-19-10-13-26-16-19;/h7-9,14,19H,4-6,10-13,15-17H2,1-3H3,(H,23,24);1H. The third-order valence-corrected chi connectivity index (χ3v) is 6.16. The summed E-state index contributed by atoms with van der Waals surface area (Å²) in [6.45, 7) is 5.96. The van der Waals surface area contributed by atoms with Gasteiger partial charge in [0.1, 0.15) is 0 Å². The van der Waals surface area contributed by atoms with Crippen LogP contribution in [0.25, 0.3) is 0 Å². The van der Waals surface area contributed by atoms with Crippen LogP contribution in [0.3, 0.4) is 0 Å². The summed E-state index contributed by atoms with van der Waals surface area (Å²) in [5, 5.41) is 3.71. The number of nitrogens with one attached hydrogen (secondary N) is 1. The highest BCUT2D eigenvalue weighted by Crippen LogP contribution is 2.39. The second-order valence-electron chi connectivity index (χ2n) is 8.22. The van der Waals surface area contributed by atoms with Crippen LogP contribution in [0.4, 0.5) is 0 Å². The van der Waals surface area contributed by atoms with E-state index in [0.29, 0.717) is 5.92 Å². The topological polar surface area (TPSA) is 36.9 Å². The van der Waals surface area contributed by atoms with Crippen molar-refractivity contribution in [3.8, 4) is 0 Å². The highest BCUT2D eigenvalue weighted by Gasteiger charge is 2.34. The Morgan fingerprint density at radius 3 is 2.70 bits per heavy atom. The van der Waals surface area contributed by atoms with E-state index in [1.165, 1.54) is 43.2 Å². The van der Waals surface area contributed by atoms with E-state index in [9.17, 15) is 0 Å². The molecule has 3 rings (SSSR count). The maximum atomic E-state index is 5.52. The van der Waals surface area contributed by atoms with E-state index in [0.717, 1.165) is 38.7 Å². The fourth-order valence-electron chi connectivity index (χ4n) is 4.61. The van der Waals surface area contributed by atoms with Gasteiger partial charge in [0.05, 0.1) is 6.61 Å². The van der Waals surface area contributed by atoms with Crippen LogP contribution >= 0.6 is 24.0 Å². The summed E-state index contributed by atoms with van der Waals surface area (Å²) in [5.41, 5.74) is 3.08. The Hall–Kier alpha value is -0.820. The van der Waals surface area contributed by atoms with Crippen LogP contribution in [0, 0.1) is 12.8 Å². The van der Waals surface area contributed by atoms with Crippen molar-refractivity contribution in [1.82, 2.24) is 10.2 Å². The lowest BCUT2D eigenvalue weighted by molar-refractivity contribution is 0.181. The Bertz CT molecular complexity index is 607. The first-order chi connectivity index (χ1) is 12.6. The van der Waals surface area contributed by atoms with E-state index in [-0.39, 0.29) is 29.4 Å². The van der Waals surface area contributed by atoms with E-state index in [1.807, 2.05) is 7.05 Å². The zero-order valence-corrected chi connectivity index (χ0v) is 19.5. The molecule has 1 saturated heterocycles. The molecule has 1 saturated carbocycles. The molecule has 1 N–H and O–H groups in total. The molecule has 27 heavy (non-hydrogen) atoms. The normalized spacial score (nSPS) is 22.2.